The number of H-pyrrole nitrogens is 1. The smallest absolute Gasteiger partial charge is 0.292 e. The number of quaternary nitrogens is 1. The number of methoxy groups -OCH3 is 1. The molecule has 2 heterocycles. The number of hydrogen-bond donors (Lipinski definition) is 2. The monoisotopic (exact) mass is 378 g/mol. The second-order valence-electron chi connectivity index (χ2n) is 7.22. The third-order valence-corrected chi connectivity index (χ3v) is 5.28. The number of ether oxygens (including phenoxy) is 1. The number of benzene rings is 2. The van der Waals surface area contributed by atoms with Crippen molar-refractivity contribution in [1.29, 1.82) is 0 Å². The van der Waals surface area contributed by atoms with Gasteiger partial charge in [0.25, 0.3) is 5.91 Å². The van der Waals surface area contributed by atoms with Crippen LogP contribution in [0.1, 0.15) is 17.5 Å². The summed E-state index contributed by atoms with van der Waals surface area (Å²) >= 11 is 0. The predicted molar refractivity (Wildman–Crippen MR) is 107 cm³/mol. The minimum Gasteiger partial charge on any atom is -0.497 e. The van der Waals surface area contributed by atoms with Crippen LogP contribution in [0.2, 0.25) is 0 Å². The number of aromatic amines is 1. The Hall–Kier alpha value is -3.12. The molecule has 6 heteroatoms. The zero-order valence-corrected chi connectivity index (χ0v) is 16.1. The summed E-state index contributed by atoms with van der Waals surface area (Å²) < 4.78 is 5.31. The van der Waals surface area contributed by atoms with Crippen molar-refractivity contribution in [2.75, 3.05) is 18.6 Å². The van der Waals surface area contributed by atoms with Gasteiger partial charge >= 0.3 is 0 Å². The lowest BCUT2D eigenvalue weighted by Gasteiger charge is -2.14. The molecule has 0 spiro atoms. The minimum absolute atomic E-state index is 0.129. The second-order valence-corrected chi connectivity index (χ2v) is 7.22. The maximum Gasteiger partial charge on any atom is 0.292 e. The summed E-state index contributed by atoms with van der Waals surface area (Å²) in [6.45, 7) is 2.68. The number of aromatic nitrogens is 1. The molecule has 1 fully saturated rings. The van der Waals surface area contributed by atoms with Crippen LogP contribution in [0.25, 0.3) is 10.9 Å². The van der Waals surface area contributed by atoms with Crippen LogP contribution in [0.4, 0.5) is 5.69 Å². The number of rotatable bonds is 6. The molecule has 1 aliphatic heterocycles. The first-order valence-electron chi connectivity index (χ1n) is 9.47. The van der Waals surface area contributed by atoms with E-state index in [0.717, 1.165) is 35.2 Å². The van der Waals surface area contributed by atoms with E-state index in [1.807, 2.05) is 60.9 Å². The minimum atomic E-state index is -0.354. The van der Waals surface area contributed by atoms with Gasteiger partial charge in [-0.1, -0.05) is 12.1 Å². The van der Waals surface area contributed by atoms with Crippen LogP contribution < -0.4 is 15.0 Å². The molecule has 1 saturated heterocycles. The average molecular weight is 378 g/mol. The summed E-state index contributed by atoms with van der Waals surface area (Å²) in [7, 11) is 1.66. The standard InChI is InChI=1S/C22H23N3O3/c1-14-4-3-5-16(10-14)25-21(26)12-20(22(25)27)23-9-8-15-13-24-19-7-6-17(28-2)11-18(15)19/h3-7,10-11,13,20,23-24H,8-9,12H2,1-2H3/p+1/t20-/m1/s1. The summed E-state index contributed by atoms with van der Waals surface area (Å²) in [4.78, 5) is 29.8. The first-order chi connectivity index (χ1) is 13.6. The molecule has 1 aliphatic rings. The van der Waals surface area contributed by atoms with Gasteiger partial charge in [-0.2, -0.15) is 0 Å². The number of carbonyl (C=O) groups is 2. The van der Waals surface area contributed by atoms with Gasteiger partial charge in [-0.3, -0.25) is 9.59 Å². The maximum absolute atomic E-state index is 12.8. The Balaban J connectivity index is 1.42. The largest absolute Gasteiger partial charge is 0.497 e. The Labute approximate surface area is 163 Å². The molecular formula is C22H24N3O3+. The number of carbonyl (C=O) groups excluding carboxylic acids is 2. The van der Waals surface area contributed by atoms with Crippen LogP contribution in [0.5, 0.6) is 5.75 Å². The van der Waals surface area contributed by atoms with Crippen LogP contribution in [0, 0.1) is 6.92 Å². The van der Waals surface area contributed by atoms with Gasteiger partial charge in [0.15, 0.2) is 6.04 Å². The Bertz CT molecular complexity index is 1040. The van der Waals surface area contributed by atoms with Crippen molar-refractivity contribution in [3.63, 3.8) is 0 Å². The Morgan fingerprint density at radius 2 is 2.07 bits per heavy atom. The van der Waals surface area contributed by atoms with E-state index in [1.165, 1.54) is 10.5 Å². The fourth-order valence-electron chi connectivity index (χ4n) is 3.81. The third kappa shape index (κ3) is 3.39. The second kappa shape index (κ2) is 7.48. The van der Waals surface area contributed by atoms with E-state index in [0.29, 0.717) is 5.69 Å². The van der Waals surface area contributed by atoms with E-state index in [-0.39, 0.29) is 24.3 Å². The molecular weight excluding hydrogens is 354 g/mol. The molecule has 144 valence electrons. The summed E-state index contributed by atoms with van der Waals surface area (Å²) in [5, 5.41) is 3.11. The van der Waals surface area contributed by atoms with Gasteiger partial charge in [-0.05, 0) is 48.4 Å². The Kier molecular flexibility index (Phi) is 4.88. The highest BCUT2D eigenvalue weighted by atomic mass is 16.5. The van der Waals surface area contributed by atoms with E-state index in [4.69, 9.17) is 4.74 Å². The zero-order chi connectivity index (χ0) is 19.7. The number of anilines is 1. The van der Waals surface area contributed by atoms with Crippen molar-refractivity contribution in [2.45, 2.75) is 25.8 Å². The van der Waals surface area contributed by atoms with Crippen molar-refractivity contribution >= 4 is 28.4 Å². The molecule has 6 nitrogen and oxygen atoms in total. The third-order valence-electron chi connectivity index (χ3n) is 5.28. The van der Waals surface area contributed by atoms with Crippen LogP contribution >= 0.6 is 0 Å². The lowest BCUT2D eigenvalue weighted by Crippen LogP contribution is -2.92. The molecule has 2 amide bonds. The Morgan fingerprint density at radius 3 is 2.86 bits per heavy atom. The molecule has 3 aromatic rings. The molecule has 0 saturated carbocycles. The van der Waals surface area contributed by atoms with E-state index < -0.39 is 0 Å². The predicted octanol–water partition coefficient (Wildman–Crippen LogP) is 1.92. The van der Waals surface area contributed by atoms with E-state index in [2.05, 4.69) is 4.98 Å². The topological polar surface area (TPSA) is 79.0 Å². The molecule has 28 heavy (non-hydrogen) atoms. The van der Waals surface area contributed by atoms with E-state index >= 15 is 0 Å². The highest BCUT2D eigenvalue weighted by molar-refractivity contribution is 6.21. The molecule has 1 atom stereocenters. The molecule has 4 rings (SSSR count). The quantitative estimate of drug-likeness (QED) is 0.643. The normalized spacial score (nSPS) is 16.9. The first kappa shape index (κ1) is 18.3. The highest BCUT2D eigenvalue weighted by Crippen LogP contribution is 2.24. The number of fused-ring (bicyclic) bond motifs is 1. The lowest BCUT2D eigenvalue weighted by molar-refractivity contribution is -0.674. The van der Waals surface area contributed by atoms with Crippen molar-refractivity contribution in [1.82, 2.24) is 4.98 Å². The highest BCUT2D eigenvalue weighted by Gasteiger charge is 2.42. The van der Waals surface area contributed by atoms with Crippen LogP contribution in [0.15, 0.2) is 48.7 Å². The fraction of sp³-hybridized carbons (Fsp3) is 0.273. The maximum atomic E-state index is 12.8. The summed E-state index contributed by atoms with van der Waals surface area (Å²) in [5.41, 5.74) is 3.93. The SMILES string of the molecule is COc1ccc2[nH]cc(CC[NH2+][C@@H]3CC(=O)N(c4cccc(C)c4)C3=O)c2c1. The Morgan fingerprint density at radius 1 is 1.21 bits per heavy atom. The van der Waals surface area contributed by atoms with Crippen molar-refractivity contribution in [3.05, 3.63) is 59.8 Å². The summed E-state index contributed by atoms with van der Waals surface area (Å²) in [6, 6.07) is 13.1. The van der Waals surface area contributed by atoms with Gasteiger partial charge in [-0.25, -0.2) is 4.90 Å². The van der Waals surface area contributed by atoms with Crippen LogP contribution in [-0.4, -0.2) is 36.5 Å². The van der Waals surface area contributed by atoms with Gasteiger partial charge < -0.3 is 15.0 Å². The van der Waals surface area contributed by atoms with Crippen LogP contribution in [0.3, 0.4) is 0 Å². The number of hydrogen-bond acceptors (Lipinski definition) is 3. The van der Waals surface area contributed by atoms with Gasteiger partial charge in [0.05, 0.1) is 25.8 Å². The number of amides is 2. The van der Waals surface area contributed by atoms with Gasteiger partial charge in [-0.15, -0.1) is 0 Å². The van der Waals surface area contributed by atoms with E-state index in [1.54, 1.807) is 7.11 Å². The molecule has 0 radical (unpaired) electrons. The number of nitrogens with one attached hydrogen (secondary N) is 1. The number of aryl methyl sites for hydroxylation is 1. The van der Waals surface area contributed by atoms with Gasteiger partial charge in [0.1, 0.15) is 5.75 Å². The molecule has 0 unspecified atom stereocenters. The molecule has 0 aliphatic carbocycles. The average Bonchev–Trinajstić information content (AvgIpc) is 3.21. The van der Waals surface area contributed by atoms with Crippen molar-refractivity contribution in [3.8, 4) is 5.75 Å². The van der Waals surface area contributed by atoms with Crippen LogP contribution in [-0.2, 0) is 16.0 Å². The summed E-state index contributed by atoms with van der Waals surface area (Å²) in [5.74, 6) is 0.563. The molecule has 2 aromatic carbocycles. The number of nitrogens with two attached hydrogens (primary N) is 1. The van der Waals surface area contributed by atoms with Crippen molar-refractivity contribution < 1.29 is 19.6 Å². The van der Waals surface area contributed by atoms with Crippen molar-refractivity contribution in [2.24, 2.45) is 0 Å². The van der Waals surface area contributed by atoms with Gasteiger partial charge in [0, 0.05) is 23.5 Å². The number of imide groups is 1. The van der Waals surface area contributed by atoms with Gasteiger partial charge in [0.2, 0.25) is 5.91 Å². The molecule has 0 bridgehead atoms. The lowest BCUT2D eigenvalue weighted by atomic mass is 10.1. The number of nitrogens with zero attached hydrogens (tertiary/aromatic N) is 1. The first-order valence-corrected chi connectivity index (χ1v) is 9.47. The summed E-state index contributed by atoms with van der Waals surface area (Å²) in [6.07, 6.45) is 3.04. The molecule has 1 aromatic heterocycles. The van der Waals surface area contributed by atoms with E-state index in [9.17, 15) is 9.59 Å². The zero-order valence-electron chi connectivity index (χ0n) is 16.1. The fourth-order valence-corrected chi connectivity index (χ4v) is 3.81. The molecule has 3 N–H and O–H groups in total.